The number of hydrogen-bond donors (Lipinski definition) is 1. The number of piperidine rings is 1. The molecule has 6 heteroatoms. The number of aromatic carboxylic acids is 1. The van der Waals surface area contributed by atoms with Gasteiger partial charge in [-0.2, -0.15) is 0 Å². The zero-order valence-electron chi connectivity index (χ0n) is 14.0. The monoisotopic (exact) mass is 371 g/mol. The largest absolute Gasteiger partial charge is 0.478 e. The van der Waals surface area contributed by atoms with Crippen LogP contribution in [0.1, 0.15) is 43.9 Å². The van der Waals surface area contributed by atoms with Crippen molar-refractivity contribution in [1.82, 2.24) is 4.90 Å². The zero-order chi connectivity index (χ0) is 18.7. The molecule has 0 aliphatic carbocycles. The van der Waals surface area contributed by atoms with Gasteiger partial charge in [-0.15, -0.1) is 0 Å². The number of ketones is 1. The molecule has 2 aromatic rings. The molecule has 134 valence electrons. The number of nitrogens with zero attached hydrogens (tertiary/aromatic N) is 1. The first kappa shape index (κ1) is 18.1. The molecule has 5 nitrogen and oxygen atoms in total. The van der Waals surface area contributed by atoms with Crippen LogP contribution < -0.4 is 0 Å². The number of hydrogen-bond acceptors (Lipinski definition) is 3. The minimum atomic E-state index is -1.13. The molecular formula is C20H18ClNO4. The fourth-order valence-corrected chi connectivity index (χ4v) is 3.44. The van der Waals surface area contributed by atoms with Crippen LogP contribution in [0.3, 0.4) is 0 Å². The predicted molar refractivity (Wildman–Crippen MR) is 97.8 cm³/mol. The lowest BCUT2D eigenvalue weighted by atomic mass is 9.88. The summed E-state index contributed by atoms with van der Waals surface area (Å²) in [4.78, 5) is 38.2. The Kier molecular flexibility index (Phi) is 5.38. The fraction of sp³-hybridized carbons (Fsp3) is 0.250. The SMILES string of the molecule is O=C(O)c1ccccc1C(=O)N1CCC(C(=O)c2cccc(Cl)c2)CC1. The summed E-state index contributed by atoms with van der Waals surface area (Å²) >= 11 is 5.95. The van der Waals surface area contributed by atoms with E-state index in [9.17, 15) is 19.5 Å². The second kappa shape index (κ2) is 7.70. The molecule has 3 rings (SSSR count). The first-order valence-corrected chi connectivity index (χ1v) is 8.76. The number of amides is 1. The number of rotatable bonds is 4. The molecule has 1 N–H and O–H groups in total. The van der Waals surface area contributed by atoms with Gasteiger partial charge in [0.1, 0.15) is 0 Å². The number of Topliss-reactive ketones (excluding diaryl/α,β-unsaturated/α-hetero) is 1. The first-order chi connectivity index (χ1) is 12.5. The van der Waals surface area contributed by atoms with Crippen LogP contribution in [-0.2, 0) is 0 Å². The second-order valence-electron chi connectivity index (χ2n) is 6.29. The molecule has 1 saturated heterocycles. The molecule has 1 fully saturated rings. The summed E-state index contributed by atoms with van der Waals surface area (Å²) < 4.78 is 0. The van der Waals surface area contributed by atoms with Crippen molar-refractivity contribution in [3.8, 4) is 0 Å². The number of halogens is 1. The summed E-state index contributed by atoms with van der Waals surface area (Å²) in [6, 6.07) is 13.1. The Balaban J connectivity index is 1.68. The molecule has 0 aromatic heterocycles. The minimum absolute atomic E-state index is 0.00497. The third-order valence-electron chi connectivity index (χ3n) is 4.65. The average Bonchev–Trinajstić information content (AvgIpc) is 2.67. The highest BCUT2D eigenvalue weighted by Crippen LogP contribution is 2.24. The van der Waals surface area contributed by atoms with Crippen molar-refractivity contribution in [2.24, 2.45) is 5.92 Å². The van der Waals surface area contributed by atoms with E-state index in [4.69, 9.17) is 11.6 Å². The standard InChI is InChI=1S/C20H18ClNO4/c21-15-5-3-4-14(12-15)18(23)13-8-10-22(11-9-13)19(24)16-6-1-2-7-17(16)20(25)26/h1-7,12-13H,8-11H2,(H,25,26). The van der Waals surface area contributed by atoms with Gasteiger partial charge >= 0.3 is 5.97 Å². The van der Waals surface area contributed by atoms with Gasteiger partial charge in [0, 0.05) is 29.6 Å². The topological polar surface area (TPSA) is 74.7 Å². The van der Waals surface area contributed by atoms with Gasteiger partial charge in [-0.25, -0.2) is 4.79 Å². The number of benzene rings is 2. The lowest BCUT2D eigenvalue weighted by molar-refractivity contribution is 0.0632. The second-order valence-corrected chi connectivity index (χ2v) is 6.73. The number of carbonyl (C=O) groups excluding carboxylic acids is 2. The molecule has 26 heavy (non-hydrogen) atoms. The van der Waals surface area contributed by atoms with E-state index >= 15 is 0 Å². The van der Waals surface area contributed by atoms with Crippen molar-refractivity contribution in [3.63, 3.8) is 0 Å². The number of carbonyl (C=O) groups is 3. The fourth-order valence-electron chi connectivity index (χ4n) is 3.25. The quantitative estimate of drug-likeness (QED) is 0.830. The van der Waals surface area contributed by atoms with Crippen LogP contribution in [-0.4, -0.2) is 40.8 Å². The Morgan fingerprint density at radius 3 is 2.23 bits per heavy atom. The highest BCUT2D eigenvalue weighted by molar-refractivity contribution is 6.31. The van der Waals surface area contributed by atoms with Gasteiger partial charge in [0.2, 0.25) is 0 Å². The van der Waals surface area contributed by atoms with E-state index in [0.717, 1.165) is 0 Å². The summed E-state index contributed by atoms with van der Waals surface area (Å²) in [5.74, 6) is -1.56. The molecule has 1 aliphatic rings. The van der Waals surface area contributed by atoms with E-state index in [1.807, 2.05) is 0 Å². The van der Waals surface area contributed by atoms with Gasteiger partial charge in [0.05, 0.1) is 11.1 Å². The van der Waals surface area contributed by atoms with Crippen LogP contribution in [0.15, 0.2) is 48.5 Å². The van der Waals surface area contributed by atoms with E-state index in [0.29, 0.717) is 36.5 Å². The van der Waals surface area contributed by atoms with Gasteiger partial charge in [-0.3, -0.25) is 9.59 Å². The van der Waals surface area contributed by atoms with Crippen LogP contribution in [0, 0.1) is 5.92 Å². The van der Waals surface area contributed by atoms with Crippen molar-refractivity contribution in [1.29, 1.82) is 0 Å². The number of likely N-dealkylation sites (tertiary alicyclic amines) is 1. The maximum absolute atomic E-state index is 12.7. The predicted octanol–water partition coefficient (Wildman–Crippen LogP) is 3.77. The van der Waals surface area contributed by atoms with Gasteiger partial charge < -0.3 is 10.0 Å². The third kappa shape index (κ3) is 3.78. The summed E-state index contributed by atoms with van der Waals surface area (Å²) in [5, 5.41) is 9.77. The Labute approximate surface area is 156 Å². The van der Waals surface area contributed by atoms with Crippen LogP contribution in [0.4, 0.5) is 0 Å². The molecular weight excluding hydrogens is 354 g/mol. The van der Waals surface area contributed by atoms with Gasteiger partial charge in [-0.05, 0) is 37.1 Å². The minimum Gasteiger partial charge on any atom is -0.478 e. The molecule has 1 amide bonds. The highest BCUT2D eigenvalue weighted by atomic mass is 35.5. The first-order valence-electron chi connectivity index (χ1n) is 8.38. The molecule has 0 atom stereocenters. The molecule has 0 radical (unpaired) electrons. The molecule has 2 aromatic carbocycles. The van der Waals surface area contributed by atoms with Crippen LogP contribution in [0.25, 0.3) is 0 Å². The molecule has 0 bridgehead atoms. The van der Waals surface area contributed by atoms with E-state index in [1.54, 1.807) is 41.3 Å². The zero-order valence-corrected chi connectivity index (χ0v) is 14.8. The maximum Gasteiger partial charge on any atom is 0.336 e. The van der Waals surface area contributed by atoms with Crippen LogP contribution in [0.2, 0.25) is 5.02 Å². The van der Waals surface area contributed by atoms with Gasteiger partial charge in [-0.1, -0.05) is 35.9 Å². The summed E-state index contributed by atoms with van der Waals surface area (Å²) in [5.41, 5.74) is 0.757. The van der Waals surface area contributed by atoms with Crippen molar-refractivity contribution >= 4 is 29.3 Å². The lowest BCUT2D eigenvalue weighted by Gasteiger charge is -2.31. The number of carboxylic acids is 1. The molecule has 0 saturated carbocycles. The van der Waals surface area contributed by atoms with Crippen LogP contribution >= 0.6 is 11.6 Å². The van der Waals surface area contributed by atoms with E-state index < -0.39 is 5.97 Å². The molecule has 0 spiro atoms. The van der Waals surface area contributed by atoms with E-state index in [2.05, 4.69) is 0 Å². The summed E-state index contributed by atoms with van der Waals surface area (Å²) in [6.07, 6.45) is 1.10. The Morgan fingerprint density at radius 2 is 1.62 bits per heavy atom. The molecule has 1 heterocycles. The summed E-state index contributed by atoms with van der Waals surface area (Å²) in [7, 11) is 0. The lowest BCUT2D eigenvalue weighted by Crippen LogP contribution is -2.40. The normalized spacial score (nSPS) is 14.9. The van der Waals surface area contributed by atoms with Crippen molar-refractivity contribution in [3.05, 3.63) is 70.2 Å². The maximum atomic E-state index is 12.7. The van der Waals surface area contributed by atoms with E-state index in [1.165, 1.54) is 12.1 Å². The molecule has 1 aliphatic heterocycles. The van der Waals surface area contributed by atoms with Gasteiger partial charge in [0.25, 0.3) is 5.91 Å². The Bertz CT molecular complexity index is 856. The molecule has 0 unspecified atom stereocenters. The smallest absolute Gasteiger partial charge is 0.336 e. The Hall–Kier alpha value is -2.66. The Morgan fingerprint density at radius 1 is 0.962 bits per heavy atom. The number of carboxylic acid groups (broad SMARTS) is 1. The summed E-state index contributed by atoms with van der Waals surface area (Å²) in [6.45, 7) is 0.841. The third-order valence-corrected chi connectivity index (χ3v) is 4.89. The van der Waals surface area contributed by atoms with E-state index in [-0.39, 0.29) is 28.7 Å². The van der Waals surface area contributed by atoms with Crippen molar-refractivity contribution < 1.29 is 19.5 Å². The van der Waals surface area contributed by atoms with Gasteiger partial charge in [0.15, 0.2) is 5.78 Å². The highest BCUT2D eigenvalue weighted by Gasteiger charge is 2.29. The van der Waals surface area contributed by atoms with Crippen molar-refractivity contribution in [2.75, 3.05) is 13.1 Å². The average molecular weight is 372 g/mol. The van der Waals surface area contributed by atoms with Crippen LogP contribution in [0.5, 0.6) is 0 Å². The van der Waals surface area contributed by atoms with Crippen molar-refractivity contribution in [2.45, 2.75) is 12.8 Å².